The Morgan fingerprint density at radius 2 is 1.85 bits per heavy atom. The summed E-state index contributed by atoms with van der Waals surface area (Å²) in [6.07, 6.45) is 5.82. The lowest BCUT2D eigenvalue weighted by atomic mass is 9.90. The minimum absolute atomic E-state index is 0.0349. The normalized spacial score (nSPS) is 19.7. The van der Waals surface area contributed by atoms with E-state index in [1.54, 1.807) is 11.1 Å². The molecule has 1 fully saturated rings. The minimum Gasteiger partial charge on any atom is -0.478 e. The Morgan fingerprint density at radius 3 is 2.70 bits per heavy atom. The Bertz CT molecular complexity index is 1010. The number of aryl methyl sites for hydroxylation is 1. The number of benzene rings is 1. The highest BCUT2D eigenvalue weighted by Gasteiger charge is 2.31. The first kappa shape index (κ1) is 22.2. The zero-order valence-electron chi connectivity index (χ0n) is 20.0. The summed E-state index contributed by atoms with van der Waals surface area (Å²) in [7, 11) is 0. The molecule has 0 saturated carbocycles. The summed E-state index contributed by atoms with van der Waals surface area (Å²) < 4.78 is 5.84. The molecule has 1 aromatic carbocycles. The van der Waals surface area contributed by atoms with Gasteiger partial charge in [-0.3, -0.25) is 9.69 Å². The van der Waals surface area contributed by atoms with E-state index < -0.39 is 0 Å². The van der Waals surface area contributed by atoms with Gasteiger partial charge in [-0.15, -0.1) is 0 Å². The molecule has 6 nitrogen and oxygen atoms in total. The van der Waals surface area contributed by atoms with Gasteiger partial charge in [0.15, 0.2) is 0 Å². The van der Waals surface area contributed by atoms with E-state index in [1.165, 1.54) is 18.5 Å². The Labute approximate surface area is 197 Å². The summed E-state index contributed by atoms with van der Waals surface area (Å²) in [6.45, 7) is 11.0. The number of aromatic nitrogens is 1. The van der Waals surface area contributed by atoms with Crippen LogP contribution >= 0.6 is 0 Å². The lowest BCUT2D eigenvalue weighted by Crippen LogP contribution is -2.47. The smallest absolute Gasteiger partial charge is 0.225 e. The molecule has 33 heavy (non-hydrogen) atoms. The summed E-state index contributed by atoms with van der Waals surface area (Å²) in [5, 5.41) is 2.84. The third-order valence-corrected chi connectivity index (χ3v) is 7.24. The van der Waals surface area contributed by atoms with Crippen molar-refractivity contribution in [3.63, 3.8) is 0 Å². The molecule has 0 atom stereocenters. The van der Waals surface area contributed by atoms with Crippen LogP contribution in [0.4, 0.5) is 11.5 Å². The van der Waals surface area contributed by atoms with Crippen molar-refractivity contribution in [3.05, 3.63) is 47.0 Å². The van der Waals surface area contributed by atoms with Gasteiger partial charge in [-0.05, 0) is 72.9 Å². The molecule has 3 heterocycles. The molecule has 2 aliphatic heterocycles. The van der Waals surface area contributed by atoms with Gasteiger partial charge >= 0.3 is 0 Å². The Kier molecular flexibility index (Phi) is 6.28. The lowest BCUT2D eigenvalue weighted by Gasteiger charge is -2.37. The topological polar surface area (TPSA) is 57.7 Å². The number of unbranched alkanes of at least 4 members (excludes halogenated alkanes) is 1. The van der Waals surface area contributed by atoms with Gasteiger partial charge in [-0.1, -0.05) is 26.0 Å². The Hall–Kier alpha value is -2.60. The van der Waals surface area contributed by atoms with Crippen LogP contribution in [0.2, 0.25) is 0 Å². The van der Waals surface area contributed by atoms with Crippen molar-refractivity contribution < 1.29 is 9.53 Å². The molecule has 5 rings (SSSR count). The largest absolute Gasteiger partial charge is 0.478 e. The zero-order valence-corrected chi connectivity index (χ0v) is 20.0. The van der Waals surface area contributed by atoms with Gasteiger partial charge < -0.3 is 15.0 Å². The molecular weight excluding hydrogens is 412 g/mol. The number of anilines is 2. The fourth-order valence-electron chi connectivity index (χ4n) is 5.47. The van der Waals surface area contributed by atoms with Crippen molar-refractivity contribution in [2.45, 2.75) is 52.4 Å². The summed E-state index contributed by atoms with van der Waals surface area (Å²) in [6, 6.07) is 10.8. The number of hydrogen-bond donors (Lipinski definition) is 1. The maximum atomic E-state index is 11.6. The molecule has 176 valence electrons. The molecule has 1 aromatic heterocycles. The van der Waals surface area contributed by atoms with Gasteiger partial charge in [-0.2, -0.15) is 4.98 Å². The molecule has 1 N–H and O–H groups in total. The maximum absolute atomic E-state index is 11.6. The molecule has 0 radical (unpaired) electrons. The summed E-state index contributed by atoms with van der Waals surface area (Å²) in [5.41, 5.74) is 6.09. The van der Waals surface area contributed by atoms with E-state index in [0.717, 1.165) is 57.5 Å². The highest BCUT2D eigenvalue weighted by atomic mass is 16.5. The first-order valence-electron chi connectivity index (χ1n) is 12.5. The number of amides is 1. The number of piperazine rings is 1. The lowest BCUT2D eigenvalue weighted by molar-refractivity contribution is -0.116. The second kappa shape index (κ2) is 9.34. The predicted molar refractivity (Wildman–Crippen MR) is 132 cm³/mol. The Morgan fingerprint density at radius 1 is 1.00 bits per heavy atom. The quantitative estimate of drug-likeness (QED) is 0.647. The van der Waals surface area contributed by atoms with Crippen LogP contribution in [0.5, 0.6) is 5.88 Å². The number of fused-ring (bicyclic) bond motifs is 2. The van der Waals surface area contributed by atoms with E-state index in [-0.39, 0.29) is 5.91 Å². The third kappa shape index (κ3) is 5.16. The summed E-state index contributed by atoms with van der Waals surface area (Å²) >= 11 is 0. The number of nitrogens with one attached hydrogen (secondary N) is 1. The molecule has 1 aliphatic carbocycles. The SMILES string of the molecule is CC1(C)Cc2cccc(N3CCN(CCCCOc4ccc5c(n4)NC(=O)CC5)CC3)c2C1. The number of nitrogens with zero attached hydrogens (tertiary/aromatic N) is 3. The van der Waals surface area contributed by atoms with Crippen molar-refractivity contribution in [2.75, 3.05) is 49.5 Å². The molecule has 2 aromatic rings. The molecule has 0 spiro atoms. The van der Waals surface area contributed by atoms with Crippen molar-refractivity contribution >= 4 is 17.4 Å². The van der Waals surface area contributed by atoms with E-state index in [2.05, 4.69) is 52.1 Å². The van der Waals surface area contributed by atoms with Gasteiger partial charge in [0.1, 0.15) is 5.82 Å². The molecular formula is C27H36N4O2. The molecule has 1 amide bonds. The molecule has 6 heteroatoms. The zero-order chi connectivity index (χ0) is 22.8. The summed E-state index contributed by atoms with van der Waals surface area (Å²) in [5.74, 6) is 1.30. The first-order chi connectivity index (χ1) is 16.0. The molecule has 1 saturated heterocycles. The van der Waals surface area contributed by atoms with Crippen LogP contribution in [0.1, 0.15) is 49.8 Å². The van der Waals surface area contributed by atoms with Gasteiger partial charge in [0, 0.05) is 44.4 Å². The number of carbonyl (C=O) groups excluding carboxylic acids is 1. The highest BCUT2D eigenvalue weighted by Crippen LogP contribution is 2.41. The first-order valence-corrected chi connectivity index (χ1v) is 12.5. The van der Waals surface area contributed by atoms with Crippen LogP contribution in [0.15, 0.2) is 30.3 Å². The van der Waals surface area contributed by atoms with Gasteiger partial charge in [0.2, 0.25) is 11.8 Å². The second-order valence-electron chi connectivity index (χ2n) is 10.5. The van der Waals surface area contributed by atoms with E-state index in [4.69, 9.17) is 4.74 Å². The summed E-state index contributed by atoms with van der Waals surface area (Å²) in [4.78, 5) is 21.2. The van der Waals surface area contributed by atoms with Gasteiger partial charge in [-0.25, -0.2) is 0 Å². The van der Waals surface area contributed by atoms with Gasteiger partial charge in [0.05, 0.1) is 6.61 Å². The Balaban J connectivity index is 1.04. The highest BCUT2D eigenvalue weighted by molar-refractivity contribution is 5.92. The number of hydrogen-bond acceptors (Lipinski definition) is 5. The van der Waals surface area contributed by atoms with E-state index in [1.807, 2.05) is 12.1 Å². The van der Waals surface area contributed by atoms with Crippen LogP contribution in [0, 0.1) is 5.41 Å². The fraction of sp³-hybridized carbons (Fsp3) is 0.556. The van der Waals surface area contributed by atoms with Gasteiger partial charge in [0.25, 0.3) is 0 Å². The average molecular weight is 449 g/mol. The van der Waals surface area contributed by atoms with Crippen LogP contribution in [0.25, 0.3) is 0 Å². The number of ether oxygens (including phenoxy) is 1. The van der Waals surface area contributed by atoms with E-state index in [0.29, 0.717) is 30.1 Å². The van der Waals surface area contributed by atoms with Crippen LogP contribution < -0.4 is 15.0 Å². The number of carbonyl (C=O) groups is 1. The van der Waals surface area contributed by atoms with Crippen LogP contribution in [0.3, 0.4) is 0 Å². The average Bonchev–Trinajstić information content (AvgIpc) is 3.13. The molecule has 0 unspecified atom stereocenters. The number of rotatable bonds is 7. The minimum atomic E-state index is 0.0349. The van der Waals surface area contributed by atoms with Crippen LogP contribution in [-0.4, -0.2) is 55.1 Å². The van der Waals surface area contributed by atoms with Crippen molar-refractivity contribution in [1.29, 1.82) is 0 Å². The monoisotopic (exact) mass is 448 g/mol. The fourth-order valence-corrected chi connectivity index (χ4v) is 5.47. The maximum Gasteiger partial charge on any atom is 0.225 e. The number of pyridine rings is 1. The third-order valence-electron chi connectivity index (χ3n) is 7.24. The van der Waals surface area contributed by atoms with Crippen molar-refractivity contribution in [2.24, 2.45) is 5.41 Å². The second-order valence-corrected chi connectivity index (χ2v) is 10.5. The molecule has 3 aliphatic rings. The van der Waals surface area contributed by atoms with E-state index >= 15 is 0 Å². The predicted octanol–water partition coefficient (Wildman–Crippen LogP) is 4.07. The van der Waals surface area contributed by atoms with Crippen molar-refractivity contribution in [3.8, 4) is 5.88 Å². The van der Waals surface area contributed by atoms with E-state index in [9.17, 15) is 4.79 Å². The standard InChI is InChI=1S/C27H36N4O2/c1-27(2)18-21-6-5-7-23(22(21)19-27)31-15-13-30(14-16-31)12-3-4-17-33-25-11-9-20-8-10-24(32)28-26(20)29-25/h5-7,9,11H,3-4,8,10,12-19H2,1-2H3,(H,28,29,32). The van der Waals surface area contributed by atoms with Crippen LogP contribution in [-0.2, 0) is 24.1 Å². The van der Waals surface area contributed by atoms with Crippen molar-refractivity contribution in [1.82, 2.24) is 9.88 Å². The molecule has 0 bridgehead atoms.